The lowest BCUT2D eigenvalue weighted by Crippen LogP contribution is -2.36. The molecule has 0 aliphatic carbocycles. The highest BCUT2D eigenvalue weighted by atomic mass is 35.5. The number of halogens is 1. The van der Waals surface area contributed by atoms with Gasteiger partial charge in [0.15, 0.2) is 6.61 Å². The smallest absolute Gasteiger partial charge is 0.257 e. The van der Waals surface area contributed by atoms with Gasteiger partial charge in [-0.05, 0) is 12.1 Å². The van der Waals surface area contributed by atoms with E-state index in [1.807, 2.05) is 0 Å². The molecule has 106 valence electrons. The van der Waals surface area contributed by atoms with Crippen molar-refractivity contribution in [3.8, 4) is 5.75 Å². The van der Waals surface area contributed by atoms with E-state index in [4.69, 9.17) is 16.3 Å². The molecule has 0 heterocycles. The Balaban J connectivity index is 2.24. The average Bonchev–Trinajstić information content (AvgIpc) is 2.32. The van der Waals surface area contributed by atoms with Crippen molar-refractivity contribution in [3.05, 3.63) is 29.3 Å². The highest BCUT2D eigenvalue weighted by Gasteiger charge is 2.05. The third-order valence-electron chi connectivity index (χ3n) is 2.01. The van der Waals surface area contributed by atoms with Crippen LogP contribution in [0.5, 0.6) is 5.75 Å². The van der Waals surface area contributed by atoms with Gasteiger partial charge >= 0.3 is 0 Å². The maximum Gasteiger partial charge on any atom is 0.257 e. The molecule has 1 amide bonds. The second-order valence-electron chi connectivity index (χ2n) is 3.74. The van der Waals surface area contributed by atoms with Gasteiger partial charge in [-0.25, -0.2) is 13.1 Å². The van der Waals surface area contributed by atoms with Gasteiger partial charge in [0.25, 0.3) is 5.91 Å². The molecular weight excluding hydrogens is 292 g/mol. The summed E-state index contributed by atoms with van der Waals surface area (Å²) in [6.45, 7) is 0.150. The second-order valence-corrected chi connectivity index (χ2v) is 5.98. The molecule has 1 aromatic rings. The Bertz CT molecular complexity index is 533. The topological polar surface area (TPSA) is 84.5 Å². The summed E-state index contributed by atoms with van der Waals surface area (Å²) in [6, 6.07) is 6.81. The van der Waals surface area contributed by atoms with Crippen LogP contribution in [0.4, 0.5) is 0 Å². The summed E-state index contributed by atoms with van der Waals surface area (Å²) >= 11 is 5.85. The van der Waals surface area contributed by atoms with Crippen molar-refractivity contribution in [2.45, 2.75) is 0 Å². The van der Waals surface area contributed by atoms with Crippen LogP contribution in [0.15, 0.2) is 24.3 Å². The van der Waals surface area contributed by atoms with Gasteiger partial charge in [-0.1, -0.05) is 23.7 Å². The molecule has 0 aliphatic rings. The fraction of sp³-hybridized carbons (Fsp3) is 0.364. The van der Waals surface area contributed by atoms with Crippen LogP contribution in [0.3, 0.4) is 0 Å². The number of hydrogen-bond acceptors (Lipinski definition) is 4. The molecule has 1 aromatic carbocycles. The van der Waals surface area contributed by atoms with Crippen molar-refractivity contribution >= 4 is 27.5 Å². The Morgan fingerprint density at radius 2 is 2.00 bits per heavy atom. The number of carbonyl (C=O) groups excluding carboxylic acids is 1. The number of ether oxygens (including phenoxy) is 1. The van der Waals surface area contributed by atoms with Gasteiger partial charge in [-0.2, -0.15) is 0 Å². The van der Waals surface area contributed by atoms with E-state index >= 15 is 0 Å². The van der Waals surface area contributed by atoms with Crippen LogP contribution in [0.25, 0.3) is 0 Å². The summed E-state index contributed by atoms with van der Waals surface area (Å²) in [5.41, 5.74) is 0. The first-order chi connectivity index (χ1) is 8.88. The molecule has 2 N–H and O–H groups in total. The molecule has 0 bridgehead atoms. The Morgan fingerprint density at radius 3 is 2.63 bits per heavy atom. The minimum absolute atomic E-state index is 0.136. The van der Waals surface area contributed by atoms with E-state index < -0.39 is 10.0 Å². The molecule has 6 nitrogen and oxygen atoms in total. The first kappa shape index (κ1) is 15.7. The molecule has 0 spiro atoms. The van der Waals surface area contributed by atoms with Gasteiger partial charge < -0.3 is 10.1 Å². The Morgan fingerprint density at radius 1 is 1.32 bits per heavy atom. The fourth-order valence-electron chi connectivity index (χ4n) is 1.19. The van der Waals surface area contributed by atoms with Crippen LogP contribution in [0.2, 0.25) is 5.02 Å². The molecule has 8 heteroatoms. The number of hydrogen-bond donors (Lipinski definition) is 2. The van der Waals surface area contributed by atoms with Crippen LogP contribution in [-0.4, -0.2) is 40.3 Å². The molecule has 0 unspecified atom stereocenters. The van der Waals surface area contributed by atoms with Crippen molar-refractivity contribution in [2.75, 3.05) is 26.0 Å². The SMILES string of the molecule is CS(=O)(=O)NCCNC(=O)COc1ccccc1Cl. The lowest BCUT2D eigenvalue weighted by Gasteiger charge is -2.08. The van der Waals surface area contributed by atoms with Crippen molar-refractivity contribution < 1.29 is 17.9 Å². The zero-order valence-corrected chi connectivity index (χ0v) is 11.9. The number of sulfonamides is 1. The van der Waals surface area contributed by atoms with E-state index in [1.54, 1.807) is 24.3 Å². The number of para-hydroxylation sites is 1. The predicted octanol–water partition coefficient (Wildman–Crippen LogP) is 0.384. The predicted molar refractivity (Wildman–Crippen MR) is 72.8 cm³/mol. The van der Waals surface area contributed by atoms with E-state index in [2.05, 4.69) is 10.0 Å². The van der Waals surface area contributed by atoms with E-state index in [0.717, 1.165) is 6.26 Å². The highest BCUT2D eigenvalue weighted by molar-refractivity contribution is 7.88. The van der Waals surface area contributed by atoms with Crippen LogP contribution >= 0.6 is 11.6 Å². The lowest BCUT2D eigenvalue weighted by molar-refractivity contribution is -0.123. The number of rotatable bonds is 7. The average molecular weight is 307 g/mol. The zero-order chi connectivity index (χ0) is 14.3. The van der Waals surface area contributed by atoms with Crippen molar-refractivity contribution in [3.63, 3.8) is 0 Å². The maximum atomic E-state index is 11.4. The number of nitrogens with one attached hydrogen (secondary N) is 2. The number of carbonyl (C=O) groups is 1. The summed E-state index contributed by atoms with van der Waals surface area (Å²) in [5, 5.41) is 2.94. The van der Waals surface area contributed by atoms with E-state index in [0.29, 0.717) is 10.8 Å². The van der Waals surface area contributed by atoms with Crippen LogP contribution in [0.1, 0.15) is 0 Å². The standard InChI is InChI=1S/C11H15ClN2O4S/c1-19(16,17)14-7-6-13-11(15)8-18-10-5-3-2-4-9(10)12/h2-5,14H,6-8H2,1H3,(H,13,15). The molecule has 1 rings (SSSR count). The molecular formula is C11H15ClN2O4S. The van der Waals surface area contributed by atoms with Gasteiger partial charge in [-0.3, -0.25) is 4.79 Å². The zero-order valence-electron chi connectivity index (χ0n) is 10.3. The van der Waals surface area contributed by atoms with Gasteiger partial charge in [0.2, 0.25) is 10.0 Å². The van der Waals surface area contributed by atoms with Gasteiger partial charge in [0.05, 0.1) is 11.3 Å². The quantitative estimate of drug-likeness (QED) is 0.714. The van der Waals surface area contributed by atoms with Crippen LogP contribution in [0, 0.1) is 0 Å². The molecule has 0 aromatic heterocycles. The first-order valence-corrected chi connectivity index (χ1v) is 7.74. The molecule has 0 saturated heterocycles. The Kier molecular flexibility index (Phi) is 6.07. The number of benzene rings is 1. The van der Waals surface area contributed by atoms with Gasteiger partial charge in [0, 0.05) is 13.1 Å². The summed E-state index contributed by atoms with van der Waals surface area (Å²) in [7, 11) is -3.23. The molecule has 0 fully saturated rings. The fourth-order valence-corrected chi connectivity index (χ4v) is 1.86. The molecule has 0 aliphatic heterocycles. The van der Waals surface area contributed by atoms with E-state index in [-0.39, 0.29) is 25.6 Å². The van der Waals surface area contributed by atoms with Crippen molar-refractivity contribution in [2.24, 2.45) is 0 Å². The number of amides is 1. The maximum absolute atomic E-state index is 11.4. The van der Waals surface area contributed by atoms with Crippen molar-refractivity contribution in [1.29, 1.82) is 0 Å². The van der Waals surface area contributed by atoms with E-state index in [1.165, 1.54) is 0 Å². The Hall–Kier alpha value is -1.31. The van der Waals surface area contributed by atoms with E-state index in [9.17, 15) is 13.2 Å². The highest BCUT2D eigenvalue weighted by Crippen LogP contribution is 2.22. The summed E-state index contributed by atoms with van der Waals surface area (Å²) < 4.78 is 29.0. The Labute approximate surface area is 117 Å². The van der Waals surface area contributed by atoms with Crippen LogP contribution < -0.4 is 14.8 Å². The van der Waals surface area contributed by atoms with Gasteiger partial charge in [-0.15, -0.1) is 0 Å². The van der Waals surface area contributed by atoms with Crippen molar-refractivity contribution in [1.82, 2.24) is 10.0 Å². The van der Waals surface area contributed by atoms with Crippen LogP contribution in [-0.2, 0) is 14.8 Å². The minimum Gasteiger partial charge on any atom is -0.482 e. The summed E-state index contributed by atoms with van der Waals surface area (Å²) in [4.78, 5) is 11.4. The molecule has 0 atom stereocenters. The third kappa shape index (κ3) is 7.00. The minimum atomic E-state index is -3.23. The normalized spacial score (nSPS) is 11.1. The molecule has 0 radical (unpaired) electrons. The second kappa shape index (κ2) is 7.32. The van der Waals surface area contributed by atoms with Gasteiger partial charge in [0.1, 0.15) is 5.75 Å². The first-order valence-electron chi connectivity index (χ1n) is 5.47. The summed E-state index contributed by atoms with van der Waals surface area (Å²) in [5.74, 6) is 0.0730. The largest absolute Gasteiger partial charge is 0.482 e. The molecule has 19 heavy (non-hydrogen) atoms. The summed E-state index contributed by atoms with van der Waals surface area (Å²) in [6.07, 6.45) is 1.05. The lowest BCUT2D eigenvalue weighted by atomic mass is 10.3. The third-order valence-corrected chi connectivity index (χ3v) is 3.05. The molecule has 0 saturated carbocycles. The monoisotopic (exact) mass is 306 g/mol.